The van der Waals surface area contributed by atoms with Crippen molar-refractivity contribution >= 4 is 18.5 Å². The number of amides is 1. The summed E-state index contributed by atoms with van der Waals surface area (Å²) < 4.78 is 0. The molecule has 4 heteroatoms. The topological polar surface area (TPSA) is 23.6 Å². The van der Waals surface area contributed by atoms with Gasteiger partial charge < -0.3 is 4.90 Å². The number of likely N-dealkylation sites (tertiary alicyclic amines) is 2. The van der Waals surface area contributed by atoms with Gasteiger partial charge in [-0.3, -0.25) is 9.69 Å². The average Bonchev–Trinajstić information content (AvgIpc) is 2.88. The van der Waals surface area contributed by atoms with Gasteiger partial charge in [-0.2, -0.15) is 12.6 Å². The molecule has 2 fully saturated rings. The predicted octanol–water partition coefficient (Wildman–Crippen LogP) is 0.616. The number of hydrogen-bond donors (Lipinski definition) is 1. The van der Waals surface area contributed by atoms with Crippen molar-refractivity contribution < 1.29 is 4.79 Å². The predicted molar refractivity (Wildman–Crippen MR) is 67.4 cm³/mol. The van der Waals surface area contributed by atoms with E-state index >= 15 is 0 Å². The van der Waals surface area contributed by atoms with E-state index in [0.29, 0.717) is 6.54 Å². The van der Waals surface area contributed by atoms with Crippen molar-refractivity contribution in [1.29, 1.82) is 0 Å². The quantitative estimate of drug-likeness (QED) is 0.563. The number of hydrogen-bond acceptors (Lipinski definition) is 3. The van der Waals surface area contributed by atoms with Crippen LogP contribution < -0.4 is 0 Å². The first-order valence-corrected chi connectivity index (χ1v) is 6.44. The molecule has 0 aromatic carbocycles. The lowest BCUT2D eigenvalue weighted by Gasteiger charge is -2.12. The maximum absolute atomic E-state index is 11.5. The second kappa shape index (κ2) is 5.60. The van der Waals surface area contributed by atoms with E-state index in [9.17, 15) is 4.79 Å². The Kier molecular flexibility index (Phi) is 4.14. The molecule has 2 aliphatic heterocycles. The molecule has 2 heterocycles. The molecule has 3 nitrogen and oxygen atoms in total. The highest BCUT2D eigenvalue weighted by Crippen LogP contribution is 2.15. The molecule has 2 rings (SSSR count). The second-order valence-corrected chi connectivity index (χ2v) is 5.02. The standard InChI is InChI=1S/C12H18N2OS/c15-12-11(16)5-10-14(12)9-4-3-8-13-6-1-2-7-13/h11,16H,1-2,5-10H2/t11-/m1/s1. The lowest BCUT2D eigenvalue weighted by molar-refractivity contribution is -0.126. The summed E-state index contributed by atoms with van der Waals surface area (Å²) in [7, 11) is 0. The minimum atomic E-state index is -0.0969. The molecule has 1 atom stereocenters. The number of thiol groups is 1. The van der Waals surface area contributed by atoms with Crippen LogP contribution in [0.2, 0.25) is 0 Å². The van der Waals surface area contributed by atoms with Crippen LogP contribution in [0.3, 0.4) is 0 Å². The second-order valence-electron chi connectivity index (χ2n) is 4.40. The monoisotopic (exact) mass is 238 g/mol. The normalized spacial score (nSPS) is 25.9. The molecule has 0 saturated carbocycles. The molecule has 0 unspecified atom stereocenters. The third-order valence-electron chi connectivity index (χ3n) is 3.17. The highest BCUT2D eigenvalue weighted by atomic mass is 32.1. The highest BCUT2D eigenvalue weighted by Gasteiger charge is 2.27. The lowest BCUT2D eigenvalue weighted by Crippen LogP contribution is -2.28. The zero-order valence-electron chi connectivity index (χ0n) is 9.48. The van der Waals surface area contributed by atoms with Crippen LogP contribution in [0.4, 0.5) is 0 Å². The number of rotatable bonds is 2. The van der Waals surface area contributed by atoms with Gasteiger partial charge >= 0.3 is 0 Å². The summed E-state index contributed by atoms with van der Waals surface area (Å²) in [4.78, 5) is 15.7. The van der Waals surface area contributed by atoms with E-state index in [0.717, 1.165) is 19.5 Å². The summed E-state index contributed by atoms with van der Waals surface area (Å²) in [5.74, 6) is 6.37. The smallest absolute Gasteiger partial charge is 0.236 e. The van der Waals surface area contributed by atoms with Gasteiger partial charge in [0.1, 0.15) is 0 Å². The first-order chi connectivity index (χ1) is 7.77. The van der Waals surface area contributed by atoms with Crippen LogP contribution in [0.5, 0.6) is 0 Å². The summed E-state index contributed by atoms with van der Waals surface area (Å²) in [5, 5.41) is -0.0969. The molecule has 2 aliphatic rings. The molecule has 0 radical (unpaired) electrons. The minimum Gasteiger partial charge on any atom is -0.331 e. The van der Waals surface area contributed by atoms with Crippen molar-refractivity contribution in [2.45, 2.75) is 24.5 Å². The third kappa shape index (κ3) is 2.93. The Morgan fingerprint density at radius 2 is 1.88 bits per heavy atom. The number of carbonyl (C=O) groups excluding carboxylic acids is 1. The van der Waals surface area contributed by atoms with Gasteiger partial charge in [0, 0.05) is 6.54 Å². The van der Waals surface area contributed by atoms with Crippen LogP contribution in [0.15, 0.2) is 0 Å². The Balaban J connectivity index is 1.70. The van der Waals surface area contributed by atoms with Crippen LogP contribution in [0.1, 0.15) is 19.3 Å². The average molecular weight is 238 g/mol. The molecular weight excluding hydrogens is 220 g/mol. The van der Waals surface area contributed by atoms with Gasteiger partial charge in [-0.1, -0.05) is 11.8 Å². The first-order valence-electron chi connectivity index (χ1n) is 5.92. The van der Waals surface area contributed by atoms with Crippen molar-refractivity contribution in [2.75, 3.05) is 32.7 Å². The zero-order valence-corrected chi connectivity index (χ0v) is 10.4. The Bertz CT molecular complexity index is 315. The van der Waals surface area contributed by atoms with Crippen molar-refractivity contribution in [3.8, 4) is 11.8 Å². The van der Waals surface area contributed by atoms with E-state index in [-0.39, 0.29) is 11.2 Å². The summed E-state index contributed by atoms with van der Waals surface area (Å²) in [6.45, 7) is 4.59. The van der Waals surface area contributed by atoms with Gasteiger partial charge in [0.15, 0.2) is 0 Å². The molecule has 0 aromatic rings. The van der Waals surface area contributed by atoms with E-state index in [4.69, 9.17) is 0 Å². The fraction of sp³-hybridized carbons (Fsp3) is 0.750. The Hall–Kier alpha value is -0.660. The van der Waals surface area contributed by atoms with Gasteiger partial charge in [-0.05, 0) is 32.4 Å². The van der Waals surface area contributed by atoms with Gasteiger partial charge in [0.25, 0.3) is 0 Å². The van der Waals surface area contributed by atoms with E-state index in [1.165, 1.54) is 25.9 Å². The molecule has 1 amide bonds. The van der Waals surface area contributed by atoms with Crippen LogP contribution in [0.25, 0.3) is 0 Å². The molecule has 16 heavy (non-hydrogen) atoms. The third-order valence-corrected chi connectivity index (χ3v) is 3.64. The number of nitrogens with zero attached hydrogens (tertiary/aromatic N) is 2. The fourth-order valence-electron chi connectivity index (χ4n) is 2.14. The van der Waals surface area contributed by atoms with Gasteiger partial charge in [0.2, 0.25) is 5.91 Å². The summed E-state index contributed by atoms with van der Waals surface area (Å²) >= 11 is 4.22. The summed E-state index contributed by atoms with van der Waals surface area (Å²) in [6.07, 6.45) is 3.46. The van der Waals surface area contributed by atoms with Crippen LogP contribution >= 0.6 is 12.6 Å². The molecule has 0 spiro atoms. The van der Waals surface area contributed by atoms with Gasteiger partial charge in [-0.25, -0.2) is 0 Å². The molecular formula is C12H18N2OS. The fourth-order valence-corrected chi connectivity index (χ4v) is 2.42. The maximum Gasteiger partial charge on any atom is 0.236 e. The first kappa shape index (κ1) is 11.8. The number of carbonyl (C=O) groups is 1. The molecule has 88 valence electrons. The van der Waals surface area contributed by atoms with Crippen LogP contribution in [-0.4, -0.2) is 53.7 Å². The summed E-state index contributed by atoms with van der Waals surface area (Å²) in [5.41, 5.74) is 0. The molecule has 0 bridgehead atoms. The SMILES string of the molecule is O=C1[C@H](S)CCN1CC#CCN1CCCC1. The minimum absolute atomic E-state index is 0.0969. The van der Waals surface area contributed by atoms with Gasteiger partial charge in [0.05, 0.1) is 18.3 Å². The molecule has 2 saturated heterocycles. The lowest BCUT2D eigenvalue weighted by atomic mass is 10.4. The van der Waals surface area contributed by atoms with Crippen molar-refractivity contribution in [3.63, 3.8) is 0 Å². The molecule has 0 N–H and O–H groups in total. The van der Waals surface area contributed by atoms with E-state index < -0.39 is 0 Å². The largest absolute Gasteiger partial charge is 0.331 e. The maximum atomic E-state index is 11.5. The zero-order chi connectivity index (χ0) is 11.4. The van der Waals surface area contributed by atoms with Crippen LogP contribution in [-0.2, 0) is 4.79 Å². The van der Waals surface area contributed by atoms with Crippen molar-refractivity contribution in [1.82, 2.24) is 9.80 Å². The Morgan fingerprint density at radius 3 is 2.50 bits per heavy atom. The highest BCUT2D eigenvalue weighted by molar-refractivity contribution is 7.81. The molecule has 0 aromatic heterocycles. The van der Waals surface area contributed by atoms with E-state index in [2.05, 4.69) is 29.4 Å². The summed E-state index contributed by atoms with van der Waals surface area (Å²) in [6, 6.07) is 0. The Labute approximate surface area is 103 Å². The Morgan fingerprint density at radius 1 is 1.19 bits per heavy atom. The molecule has 0 aliphatic carbocycles. The van der Waals surface area contributed by atoms with Crippen molar-refractivity contribution in [2.24, 2.45) is 0 Å². The van der Waals surface area contributed by atoms with Gasteiger partial charge in [-0.15, -0.1) is 0 Å². The van der Waals surface area contributed by atoms with Crippen molar-refractivity contribution in [3.05, 3.63) is 0 Å². The van der Waals surface area contributed by atoms with Crippen LogP contribution in [0, 0.1) is 11.8 Å². The van der Waals surface area contributed by atoms with E-state index in [1.807, 2.05) is 0 Å². The van der Waals surface area contributed by atoms with E-state index in [1.54, 1.807) is 4.90 Å².